The first-order chi connectivity index (χ1) is 8.56. The molecule has 3 nitrogen and oxygen atoms in total. The minimum absolute atomic E-state index is 0. The van der Waals surface area contributed by atoms with Crippen LogP contribution in [0.2, 0.25) is 0 Å². The molecule has 0 saturated carbocycles. The zero-order valence-corrected chi connectivity index (χ0v) is 15.7. The van der Waals surface area contributed by atoms with Crippen molar-refractivity contribution in [3.63, 3.8) is 0 Å². The summed E-state index contributed by atoms with van der Waals surface area (Å²) in [5.41, 5.74) is 0. The molecule has 0 fully saturated rings. The van der Waals surface area contributed by atoms with E-state index in [9.17, 15) is 8.42 Å². The summed E-state index contributed by atoms with van der Waals surface area (Å²) in [5, 5.41) is 0. The molecule has 0 amide bonds. The molecular weight excluding hydrogens is 271 g/mol. The van der Waals surface area contributed by atoms with E-state index in [2.05, 4.69) is 6.92 Å². The maximum atomic E-state index is 10.5. The van der Waals surface area contributed by atoms with E-state index in [-0.39, 0.29) is 35.3 Å². The summed E-state index contributed by atoms with van der Waals surface area (Å²) < 4.78 is 29.5. The van der Waals surface area contributed by atoms with Gasteiger partial charge in [-0.25, -0.2) is 0 Å². The minimum atomic E-state index is -3.74. The third-order valence-electron chi connectivity index (χ3n) is 3.26. The molecule has 0 saturated heterocycles. The van der Waals surface area contributed by atoms with Gasteiger partial charge in [0.15, 0.2) is 0 Å². The van der Waals surface area contributed by atoms with Crippen molar-refractivity contribution in [3.8, 4) is 0 Å². The zero-order valence-electron chi connectivity index (χ0n) is 12.9. The Bertz CT molecular complexity index is 266. The summed E-state index contributed by atoms with van der Waals surface area (Å²) in [4.78, 5) is 0. The first kappa shape index (κ1) is 22.2. The van der Waals surface area contributed by atoms with E-state index in [1.165, 1.54) is 57.8 Å². The molecule has 0 aromatic heterocycles. The fourth-order valence-electron chi connectivity index (χ4n) is 2.13. The molecule has 0 aliphatic carbocycles. The number of unbranched alkanes of at least 4 members (excludes halogenated alkanes) is 11. The molecular formula is C14H30NaO3S. The maximum absolute atomic E-state index is 10.5. The molecule has 19 heavy (non-hydrogen) atoms. The predicted octanol–water partition coefficient (Wildman–Crippen LogP) is 4.19. The van der Waals surface area contributed by atoms with Crippen LogP contribution in [0, 0.1) is 0 Å². The summed E-state index contributed by atoms with van der Waals surface area (Å²) in [7, 11) is -3.74. The Morgan fingerprint density at radius 3 is 1.32 bits per heavy atom. The Hall–Kier alpha value is 0.910. The molecule has 0 bridgehead atoms. The summed E-state index contributed by atoms with van der Waals surface area (Å²) in [5.74, 6) is -0.0789. The average Bonchev–Trinajstić information content (AvgIpc) is 2.29. The van der Waals surface area contributed by atoms with Crippen molar-refractivity contribution >= 4 is 39.7 Å². The summed E-state index contributed by atoms with van der Waals surface area (Å²) in [6.07, 6.45) is 14.5. The van der Waals surface area contributed by atoms with Gasteiger partial charge in [0.1, 0.15) is 0 Å². The van der Waals surface area contributed by atoms with E-state index >= 15 is 0 Å². The van der Waals surface area contributed by atoms with Crippen molar-refractivity contribution in [2.24, 2.45) is 0 Å². The predicted molar refractivity (Wildman–Crippen MR) is 83.2 cm³/mol. The molecule has 1 radical (unpaired) electrons. The van der Waals surface area contributed by atoms with Gasteiger partial charge in [-0.15, -0.1) is 0 Å². The van der Waals surface area contributed by atoms with Crippen molar-refractivity contribution in [2.45, 2.75) is 84.0 Å². The van der Waals surface area contributed by atoms with Crippen LogP contribution < -0.4 is 0 Å². The standard InChI is InChI=1S/C14H30O3S.Na/c1-2-3-4-5-6-7-8-9-10-11-12-13-14-18(15,16)17;/h2-14H2,1H3,(H,15,16,17);. The molecule has 111 valence electrons. The second-order valence-corrected chi connectivity index (χ2v) is 6.75. The molecule has 0 aliphatic rings. The normalized spacial score (nSPS) is 11.3. The molecule has 0 heterocycles. The van der Waals surface area contributed by atoms with Gasteiger partial charge in [0.05, 0.1) is 5.75 Å². The van der Waals surface area contributed by atoms with Crippen molar-refractivity contribution in [3.05, 3.63) is 0 Å². The van der Waals surface area contributed by atoms with E-state index in [1.807, 2.05) is 0 Å². The van der Waals surface area contributed by atoms with Crippen molar-refractivity contribution in [1.82, 2.24) is 0 Å². The fourth-order valence-corrected chi connectivity index (χ4v) is 2.69. The Labute approximate surface area is 142 Å². The molecule has 0 unspecified atom stereocenters. The van der Waals surface area contributed by atoms with E-state index < -0.39 is 10.1 Å². The Kier molecular flexibility index (Phi) is 17.9. The molecule has 0 rings (SSSR count). The monoisotopic (exact) mass is 301 g/mol. The molecule has 5 heteroatoms. The van der Waals surface area contributed by atoms with Crippen LogP contribution in [0.4, 0.5) is 0 Å². The summed E-state index contributed by atoms with van der Waals surface area (Å²) in [6, 6.07) is 0. The molecule has 0 atom stereocenters. The third-order valence-corrected chi connectivity index (χ3v) is 4.06. The minimum Gasteiger partial charge on any atom is -0.286 e. The Morgan fingerprint density at radius 2 is 1.00 bits per heavy atom. The van der Waals surface area contributed by atoms with Gasteiger partial charge in [-0.05, 0) is 6.42 Å². The van der Waals surface area contributed by atoms with Crippen molar-refractivity contribution < 1.29 is 13.0 Å². The molecule has 0 aromatic rings. The molecule has 0 spiro atoms. The first-order valence-electron chi connectivity index (χ1n) is 7.51. The smallest absolute Gasteiger partial charge is 0.264 e. The van der Waals surface area contributed by atoms with Gasteiger partial charge in [0, 0.05) is 29.6 Å². The zero-order chi connectivity index (χ0) is 13.7. The van der Waals surface area contributed by atoms with E-state index in [0.717, 1.165) is 12.8 Å². The van der Waals surface area contributed by atoms with Gasteiger partial charge < -0.3 is 0 Å². The summed E-state index contributed by atoms with van der Waals surface area (Å²) in [6.45, 7) is 2.24. The Morgan fingerprint density at radius 1 is 0.684 bits per heavy atom. The van der Waals surface area contributed by atoms with Crippen molar-refractivity contribution in [2.75, 3.05) is 5.75 Å². The first-order valence-corrected chi connectivity index (χ1v) is 9.12. The van der Waals surface area contributed by atoms with Gasteiger partial charge in [0.2, 0.25) is 0 Å². The van der Waals surface area contributed by atoms with Gasteiger partial charge in [-0.3, -0.25) is 4.55 Å². The van der Waals surface area contributed by atoms with Gasteiger partial charge >= 0.3 is 0 Å². The van der Waals surface area contributed by atoms with Crippen LogP contribution in [0.5, 0.6) is 0 Å². The van der Waals surface area contributed by atoms with Crippen LogP contribution >= 0.6 is 0 Å². The Balaban J connectivity index is 0. The van der Waals surface area contributed by atoms with Crippen LogP contribution in [0.25, 0.3) is 0 Å². The van der Waals surface area contributed by atoms with Crippen LogP contribution in [-0.4, -0.2) is 48.3 Å². The van der Waals surface area contributed by atoms with Crippen LogP contribution in [0.3, 0.4) is 0 Å². The molecule has 0 aliphatic heterocycles. The molecule has 1 N–H and O–H groups in total. The quantitative estimate of drug-likeness (QED) is 0.315. The SMILES string of the molecule is CCCCCCCCCCCCCCS(=O)(=O)O.[Na]. The van der Waals surface area contributed by atoms with E-state index in [0.29, 0.717) is 6.42 Å². The van der Waals surface area contributed by atoms with Crippen molar-refractivity contribution in [1.29, 1.82) is 0 Å². The van der Waals surface area contributed by atoms with Crippen LogP contribution in [-0.2, 0) is 10.1 Å². The number of hydrogen-bond donors (Lipinski definition) is 1. The van der Waals surface area contributed by atoms with E-state index in [1.54, 1.807) is 0 Å². The molecule has 0 aromatic carbocycles. The second kappa shape index (κ2) is 15.3. The second-order valence-electron chi connectivity index (χ2n) is 5.18. The van der Waals surface area contributed by atoms with E-state index in [4.69, 9.17) is 4.55 Å². The number of hydrogen-bond acceptors (Lipinski definition) is 2. The van der Waals surface area contributed by atoms with Gasteiger partial charge in [0.25, 0.3) is 10.1 Å². The van der Waals surface area contributed by atoms with Crippen LogP contribution in [0.1, 0.15) is 84.0 Å². The van der Waals surface area contributed by atoms with Gasteiger partial charge in [-0.1, -0.05) is 77.6 Å². The summed E-state index contributed by atoms with van der Waals surface area (Å²) >= 11 is 0. The maximum Gasteiger partial charge on any atom is 0.264 e. The number of rotatable bonds is 13. The van der Waals surface area contributed by atoms with Gasteiger partial charge in [-0.2, -0.15) is 8.42 Å². The third kappa shape index (κ3) is 21.4. The largest absolute Gasteiger partial charge is 0.286 e. The fraction of sp³-hybridized carbons (Fsp3) is 1.00. The van der Waals surface area contributed by atoms with Crippen LogP contribution in [0.15, 0.2) is 0 Å². The average molecular weight is 301 g/mol. The topological polar surface area (TPSA) is 54.4 Å².